The maximum absolute atomic E-state index is 13.1. The number of carbonyl (C=O) groups is 1. The van der Waals surface area contributed by atoms with Crippen LogP contribution in [-0.2, 0) is 4.79 Å². The van der Waals surface area contributed by atoms with Crippen molar-refractivity contribution in [3.05, 3.63) is 66.2 Å². The number of piperazine rings is 1. The van der Waals surface area contributed by atoms with Gasteiger partial charge in [0.15, 0.2) is 12.4 Å². The van der Waals surface area contributed by atoms with Crippen LogP contribution in [0.1, 0.15) is 11.9 Å². The molecule has 1 aliphatic heterocycles. The number of nitrogens with one attached hydrogen (secondary N) is 2. The number of H-pyrrole nitrogens is 1. The van der Waals surface area contributed by atoms with Gasteiger partial charge in [-0.25, -0.2) is 9.37 Å². The molecular formula is C20H20FN5O2. The lowest BCUT2D eigenvalue weighted by Crippen LogP contribution is -2.50. The van der Waals surface area contributed by atoms with Crippen LogP contribution < -0.4 is 10.1 Å². The minimum Gasteiger partial charge on any atom is -0.484 e. The number of nitrogens with zero attached hydrogens (tertiary/aromatic N) is 3. The molecule has 1 saturated heterocycles. The molecule has 3 aromatic rings. The number of rotatable bonds is 5. The van der Waals surface area contributed by atoms with Crippen LogP contribution in [-0.4, -0.2) is 52.2 Å². The van der Waals surface area contributed by atoms with Crippen LogP contribution in [0, 0.1) is 5.82 Å². The summed E-state index contributed by atoms with van der Waals surface area (Å²) in [6, 6.07) is 14.9. The summed E-state index contributed by atoms with van der Waals surface area (Å²) < 4.78 is 18.7. The zero-order valence-electron chi connectivity index (χ0n) is 15.1. The molecule has 0 radical (unpaired) electrons. The van der Waals surface area contributed by atoms with Crippen LogP contribution in [0.3, 0.4) is 0 Å². The number of benzene rings is 2. The first-order valence-electron chi connectivity index (χ1n) is 9.07. The van der Waals surface area contributed by atoms with Crippen LogP contribution in [0.25, 0.3) is 11.4 Å². The smallest absolute Gasteiger partial charge is 0.261 e. The van der Waals surface area contributed by atoms with Crippen molar-refractivity contribution in [3.8, 4) is 17.1 Å². The number of para-hydroxylation sites is 1. The zero-order chi connectivity index (χ0) is 19.3. The summed E-state index contributed by atoms with van der Waals surface area (Å²) in [7, 11) is 0. The summed E-state index contributed by atoms with van der Waals surface area (Å²) in [5, 5.41) is 10.4. The quantitative estimate of drug-likeness (QED) is 0.708. The molecule has 2 aromatic carbocycles. The van der Waals surface area contributed by atoms with Crippen molar-refractivity contribution in [1.29, 1.82) is 0 Å². The second kappa shape index (κ2) is 8.18. The van der Waals surface area contributed by atoms with Gasteiger partial charge in [-0.3, -0.25) is 9.89 Å². The summed E-state index contributed by atoms with van der Waals surface area (Å²) in [4.78, 5) is 19.0. The number of amides is 1. The fourth-order valence-electron chi connectivity index (χ4n) is 3.14. The van der Waals surface area contributed by atoms with Gasteiger partial charge in [-0.2, -0.15) is 5.10 Å². The molecule has 0 saturated carbocycles. The fourth-order valence-corrected chi connectivity index (χ4v) is 3.14. The highest BCUT2D eigenvalue weighted by molar-refractivity contribution is 5.78. The van der Waals surface area contributed by atoms with Crippen molar-refractivity contribution in [3.63, 3.8) is 0 Å². The Labute approximate surface area is 161 Å². The zero-order valence-corrected chi connectivity index (χ0v) is 15.1. The SMILES string of the molecule is O=C(COc1ccccc1)N1CCNC[C@@H]1c1nc(-c2ccc(F)cc2)n[nH]1. The number of halogens is 1. The van der Waals surface area contributed by atoms with Crippen molar-refractivity contribution in [2.75, 3.05) is 26.2 Å². The van der Waals surface area contributed by atoms with Gasteiger partial charge in [0.05, 0.1) is 0 Å². The molecule has 1 aromatic heterocycles. The molecule has 1 fully saturated rings. The van der Waals surface area contributed by atoms with Gasteiger partial charge in [0.25, 0.3) is 5.91 Å². The molecule has 144 valence electrons. The first-order valence-corrected chi connectivity index (χ1v) is 9.07. The molecule has 1 atom stereocenters. The van der Waals surface area contributed by atoms with Crippen LogP contribution in [0.15, 0.2) is 54.6 Å². The van der Waals surface area contributed by atoms with E-state index in [0.717, 1.165) is 0 Å². The molecule has 0 bridgehead atoms. The summed E-state index contributed by atoms with van der Waals surface area (Å²) in [6.07, 6.45) is 0. The highest BCUT2D eigenvalue weighted by atomic mass is 19.1. The normalized spacial score (nSPS) is 16.8. The average molecular weight is 381 g/mol. The van der Waals surface area contributed by atoms with Crippen molar-refractivity contribution < 1.29 is 13.9 Å². The standard InChI is InChI=1S/C20H20FN5O2/c21-15-8-6-14(7-9-15)19-23-20(25-24-19)17-12-22-10-11-26(17)18(27)13-28-16-4-2-1-3-5-16/h1-9,17,22H,10-13H2,(H,23,24,25)/t17-/m1/s1. The van der Waals surface area contributed by atoms with Crippen molar-refractivity contribution in [1.82, 2.24) is 25.4 Å². The van der Waals surface area contributed by atoms with Crippen molar-refractivity contribution in [2.45, 2.75) is 6.04 Å². The van der Waals surface area contributed by atoms with Gasteiger partial charge in [0.1, 0.15) is 23.4 Å². The maximum atomic E-state index is 13.1. The van der Waals surface area contributed by atoms with Gasteiger partial charge in [-0.15, -0.1) is 0 Å². The van der Waals surface area contributed by atoms with Gasteiger partial charge in [0.2, 0.25) is 0 Å². The highest BCUT2D eigenvalue weighted by Crippen LogP contribution is 2.22. The van der Waals surface area contributed by atoms with E-state index >= 15 is 0 Å². The van der Waals surface area contributed by atoms with Gasteiger partial charge < -0.3 is 15.0 Å². The van der Waals surface area contributed by atoms with Gasteiger partial charge in [-0.05, 0) is 36.4 Å². The van der Waals surface area contributed by atoms with E-state index in [0.29, 0.717) is 42.6 Å². The largest absolute Gasteiger partial charge is 0.484 e. The molecule has 8 heteroatoms. The van der Waals surface area contributed by atoms with E-state index in [2.05, 4.69) is 20.5 Å². The molecule has 1 aliphatic rings. The second-order valence-electron chi connectivity index (χ2n) is 6.46. The van der Waals surface area contributed by atoms with E-state index in [-0.39, 0.29) is 24.4 Å². The van der Waals surface area contributed by atoms with E-state index in [4.69, 9.17) is 4.74 Å². The predicted octanol–water partition coefficient (Wildman–Crippen LogP) is 2.16. The minimum atomic E-state index is -0.314. The first-order chi connectivity index (χ1) is 13.7. The number of carbonyl (C=O) groups excluding carboxylic acids is 1. The second-order valence-corrected chi connectivity index (χ2v) is 6.46. The van der Waals surface area contributed by atoms with Crippen LogP contribution in [0.2, 0.25) is 0 Å². The number of ether oxygens (including phenoxy) is 1. The molecule has 28 heavy (non-hydrogen) atoms. The lowest BCUT2D eigenvalue weighted by Gasteiger charge is -2.34. The Kier molecular flexibility index (Phi) is 5.29. The summed E-state index contributed by atoms with van der Waals surface area (Å²) in [5.41, 5.74) is 0.706. The predicted molar refractivity (Wildman–Crippen MR) is 101 cm³/mol. The van der Waals surface area contributed by atoms with E-state index in [1.165, 1.54) is 12.1 Å². The third-order valence-electron chi connectivity index (χ3n) is 4.59. The Balaban J connectivity index is 1.47. The molecular weight excluding hydrogens is 361 g/mol. The molecule has 0 spiro atoms. The Bertz CT molecular complexity index is 929. The Morgan fingerprint density at radius 1 is 1.18 bits per heavy atom. The molecule has 4 rings (SSSR count). The topological polar surface area (TPSA) is 83.1 Å². The fraction of sp³-hybridized carbons (Fsp3) is 0.250. The number of hydrogen-bond acceptors (Lipinski definition) is 5. The highest BCUT2D eigenvalue weighted by Gasteiger charge is 2.30. The Morgan fingerprint density at radius 3 is 2.75 bits per heavy atom. The molecule has 7 nitrogen and oxygen atoms in total. The monoisotopic (exact) mass is 381 g/mol. The molecule has 2 heterocycles. The van der Waals surface area contributed by atoms with E-state index in [1.807, 2.05) is 30.3 Å². The summed E-state index contributed by atoms with van der Waals surface area (Å²) in [5.74, 6) is 1.27. The lowest BCUT2D eigenvalue weighted by atomic mass is 10.1. The Hall–Kier alpha value is -3.26. The average Bonchev–Trinajstić information content (AvgIpc) is 3.23. The van der Waals surface area contributed by atoms with Crippen molar-refractivity contribution >= 4 is 5.91 Å². The maximum Gasteiger partial charge on any atom is 0.261 e. The summed E-state index contributed by atoms with van der Waals surface area (Å²) >= 11 is 0. The first kappa shape index (κ1) is 18.1. The van der Waals surface area contributed by atoms with E-state index in [1.54, 1.807) is 17.0 Å². The van der Waals surface area contributed by atoms with Crippen LogP contribution in [0.4, 0.5) is 4.39 Å². The van der Waals surface area contributed by atoms with E-state index < -0.39 is 0 Å². The van der Waals surface area contributed by atoms with Crippen LogP contribution >= 0.6 is 0 Å². The lowest BCUT2D eigenvalue weighted by molar-refractivity contribution is -0.137. The van der Waals surface area contributed by atoms with Gasteiger partial charge >= 0.3 is 0 Å². The van der Waals surface area contributed by atoms with Crippen molar-refractivity contribution in [2.24, 2.45) is 0 Å². The molecule has 2 N–H and O–H groups in total. The molecule has 1 amide bonds. The number of aromatic amines is 1. The minimum absolute atomic E-state index is 0.0422. The number of aromatic nitrogens is 3. The number of hydrogen-bond donors (Lipinski definition) is 2. The third kappa shape index (κ3) is 4.01. The van der Waals surface area contributed by atoms with E-state index in [9.17, 15) is 9.18 Å². The van der Waals surface area contributed by atoms with Gasteiger partial charge in [-0.1, -0.05) is 18.2 Å². The Morgan fingerprint density at radius 2 is 1.96 bits per heavy atom. The van der Waals surface area contributed by atoms with Crippen LogP contribution in [0.5, 0.6) is 5.75 Å². The van der Waals surface area contributed by atoms with Gasteiger partial charge in [0, 0.05) is 25.2 Å². The molecule has 0 unspecified atom stereocenters. The summed E-state index contributed by atoms with van der Waals surface area (Å²) in [6.45, 7) is 1.77. The third-order valence-corrected chi connectivity index (χ3v) is 4.59. The molecule has 0 aliphatic carbocycles.